The Labute approximate surface area is 115 Å². The lowest BCUT2D eigenvalue weighted by molar-refractivity contribution is -0.137. The second kappa shape index (κ2) is 9.04. The summed E-state index contributed by atoms with van der Waals surface area (Å²) < 4.78 is 0. The molecule has 0 saturated heterocycles. The Morgan fingerprint density at radius 1 is 1.26 bits per heavy atom. The number of carbonyl (C=O) groups is 2. The molecule has 0 radical (unpaired) electrons. The molecule has 0 aromatic heterocycles. The van der Waals surface area contributed by atoms with Gasteiger partial charge in [-0.15, -0.1) is 0 Å². The highest BCUT2D eigenvalue weighted by atomic mass is 16.4. The molecule has 0 aliphatic heterocycles. The first-order valence-corrected chi connectivity index (χ1v) is 7.08. The van der Waals surface area contributed by atoms with Gasteiger partial charge in [-0.25, -0.2) is 0 Å². The Morgan fingerprint density at radius 3 is 2.42 bits per heavy atom. The summed E-state index contributed by atoms with van der Waals surface area (Å²) in [4.78, 5) is 22.6. The first-order chi connectivity index (χ1) is 8.81. The van der Waals surface area contributed by atoms with Crippen LogP contribution < -0.4 is 11.1 Å². The molecule has 19 heavy (non-hydrogen) atoms. The molecule has 0 spiro atoms. The number of aliphatic carboxylic acids is 1. The number of hydrogen-bond acceptors (Lipinski definition) is 4. The van der Waals surface area contributed by atoms with E-state index in [2.05, 4.69) is 12.2 Å². The molecule has 0 aromatic rings. The van der Waals surface area contributed by atoms with Crippen molar-refractivity contribution in [2.45, 2.75) is 70.9 Å². The van der Waals surface area contributed by atoms with Gasteiger partial charge in [0.2, 0.25) is 0 Å². The number of nitrogens with two attached hydrogens (primary N) is 1. The Kier molecular flexibility index (Phi) is 8.59. The van der Waals surface area contributed by atoms with Crippen molar-refractivity contribution in [3.05, 3.63) is 0 Å². The summed E-state index contributed by atoms with van der Waals surface area (Å²) in [6.07, 6.45) is 4.69. The van der Waals surface area contributed by atoms with Gasteiger partial charge in [0, 0.05) is 6.42 Å². The number of carboxylic acid groups (broad SMARTS) is 1. The van der Waals surface area contributed by atoms with Crippen LogP contribution in [0.4, 0.5) is 0 Å². The molecule has 0 amide bonds. The molecule has 1 atom stereocenters. The molecule has 0 aliphatic carbocycles. The maximum Gasteiger partial charge on any atom is 0.303 e. The number of nitrogens with one attached hydrogen (secondary N) is 1. The molecule has 0 fully saturated rings. The molecule has 5 nitrogen and oxygen atoms in total. The summed E-state index contributed by atoms with van der Waals surface area (Å²) in [7, 11) is 0. The third-order valence-electron chi connectivity index (χ3n) is 3.22. The van der Waals surface area contributed by atoms with E-state index in [-0.39, 0.29) is 18.6 Å². The normalized spacial score (nSPS) is 13.3. The van der Waals surface area contributed by atoms with Crippen LogP contribution in [0.2, 0.25) is 0 Å². The Balaban J connectivity index is 4.07. The number of ketones is 1. The monoisotopic (exact) mass is 272 g/mol. The predicted octanol–water partition coefficient (Wildman–Crippen LogP) is 1.70. The average molecular weight is 272 g/mol. The number of rotatable bonds is 11. The van der Waals surface area contributed by atoms with Gasteiger partial charge in [-0.05, 0) is 33.2 Å². The molecule has 0 saturated carbocycles. The lowest BCUT2D eigenvalue weighted by Crippen LogP contribution is -2.54. The fraction of sp³-hybridized carbons (Fsp3) is 0.857. The molecule has 5 heteroatoms. The van der Waals surface area contributed by atoms with Crippen molar-refractivity contribution in [1.29, 1.82) is 0 Å². The molecule has 0 heterocycles. The van der Waals surface area contributed by atoms with Gasteiger partial charge in [-0.1, -0.05) is 26.2 Å². The van der Waals surface area contributed by atoms with Crippen molar-refractivity contribution in [3.63, 3.8) is 0 Å². The SMILES string of the molecule is CCCCCCNC(C)(C)C(=O)C(N)CCC(=O)O. The van der Waals surface area contributed by atoms with Crippen molar-refractivity contribution in [2.24, 2.45) is 5.73 Å². The molecule has 0 bridgehead atoms. The van der Waals surface area contributed by atoms with Gasteiger partial charge in [-0.2, -0.15) is 0 Å². The third kappa shape index (κ3) is 7.95. The van der Waals surface area contributed by atoms with Crippen molar-refractivity contribution < 1.29 is 14.7 Å². The number of carbonyl (C=O) groups excluding carboxylic acids is 1. The number of Topliss-reactive ketones (excluding diaryl/α,β-unsaturated/α-hetero) is 1. The fourth-order valence-corrected chi connectivity index (χ4v) is 1.91. The topological polar surface area (TPSA) is 92.4 Å². The molecule has 1 unspecified atom stereocenters. The van der Waals surface area contributed by atoms with Gasteiger partial charge >= 0.3 is 5.97 Å². The largest absolute Gasteiger partial charge is 0.481 e. The smallest absolute Gasteiger partial charge is 0.303 e. The zero-order valence-electron chi connectivity index (χ0n) is 12.4. The second-order valence-electron chi connectivity index (χ2n) is 5.52. The Morgan fingerprint density at radius 2 is 1.89 bits per heavy atom. The van der Waals surface area contributed by atoms with Crippen LogP contribution in [-0.4, -0.2) is 35.0 Å². The highest BCUT2D eigenvalue weighted by molar-refractivity contribution is 5.92. The zero-order valence-corrected chi connectivity index (χ0v) is 12.4. The molecule has 4 N–H and O–H groups in total. The van der Waals surface area contributed by atoms with Crippen LogP contribution >= 0.6 is 0 Å². The summed E-state index contributed by atoms with van der Waals surface area (Å²) in [6, 6.07) is -0.714. The quantitative estimate of drug-likeness (QED) is 0.498. The standard InChI is InChI=1S/C14H28N2O3/c1-4-5-6-7-10-16-14(2,3)13(19)11(15)8-9-12(17)18/h11,16H,4-10,15H2,1-3H3,(H,17,18). The number of carboxylic acids is 1. The van der Waals surface area contributed by atoms with Crippen molar-refractivity contribution in [3.8, 4) is 0 Å². The third-order valence-corrected chi connectivity index (χ3v) is 3.22. The minimum Gasteiger partial charge on any atom is -0.481 e. The minimum absolute atomic E-state index is 0.0700. The summed E-state index contributed by atoms with van der Waals surface area (Å²) >= 11 is 0. The molecule has 0 aromatic carbocycles. The Hall–Kier alpha value is -0.940. The van der Waals surface area contributed by atoms with Crippen molar-refractivity contribution >= 4 is 11.8 Å². The van der Waals surface area contributed by atoms with E-state index in [4.69, 9.17) is 10.8 Å². The maximum absolute atomic E-state index is 12.1. The van der Waals surface area contributed by atoms with E-state index < -0.39 is 17.6 Å². The lowest BCUT2D eigenvalue weighted by atomic mass is 9.91. The molecule has 112 valence electrons. The van der Waals surface area contributed by atoms with Crippen LogP contribution in [0, 0.1) is 0 Å². The van der Waals surface area contributed by atoms with E-state index in [1.165, 1.54) is 12.8 Å². The number of hydrogen-bond donors (Lipinski definition) is 3. The molecule has 0 rings (SSSR count). The number of unbranched alkanes of at least 4 members (excludes halogenated alkanes) is 3. The van der Waals surface area contributed by atoms with Crippen molar-refractivity contribution in [2.75, 3.05) is 6.54 Å². The minimum atomic E-state index is -0.923. The summed E-state index contributed by atoms with van der Waals surface area (Å²) in [5, 5.41) is 11.8. The van der Waals surface area contributed by atoms with Gasteiger partial charge in [-0.3, -0.25) is 9.59 Å². The highest BCUT2D eigenvalue weighted by Gasteiger charge is 2.31. The van der Waals surface area contributed by atoms with Crippen LogP contribution in [0.15, 0.2) is 0 Å². The van der Waals surface area contributed by atoms with Gasteiger partial charge in [0.25, 0.3) is 0 Å². The summed E-state index contributed by atoms with van der Waals surface area (Å²) in [5.41, 5.74) is 5.06. The van der Waals surface area contributed by atoms with Crippen LogP contribution in [-0.2, 0) is 9.59 Å². The average Bonchev–Trinajstić information content (AvgIpc) is 2.34. The van der Waals surface area contributed by atoms with E-state index in [0.29, 0.717) is 0 Å². The lowest BCUT2D eigenvalue weighted by Gasteiger charge is -2.27. The fourth-order valence-electron chi connectivity index (χ4n) is 1.91. The van der Waals surface area contributed by atoms with Gasteiger partial charge in [0.1, 0.15) is 0 Å². The summed E-state index contributed by atoms with van der Waals surface area (Å²) in [6.45, 7) is 6.54. The van der Waals surface area contributed by atoms with Crippen LogP contribution in [0.5, 0.6) is 0 Å². The van der Waals surface area contributed by atoms with Crippen LogP contribution in [0.3, 0.4) is 0 Å². The van der Waals surface area contributed by atoms with E-state index in [1.807, 2.05) is 0 Å². The van der Waals surface area contributed by atoms with E-state index in [9.17, 15) is 9.59 Å². The highest BCUT2D eigenvalue weighted by Crippen LogP contribution is 2.10. The van der Waals surface area contributed by atoms with E-state index in [1.54, 1.807) is 13.8 Å². The van der Waals surface area contributed by atoms with E-state index in [0.717, 1.165) is 19.4 Å². The van der Waals surface area contributed by atoms with Gasteiger partial charge in [0.15, 0.2) is 5.78 Å². The van der Waals surface area contributed by atoms with Crippen molar-refractivity contribution in [1.82, 2.24) is 5.32 Å². The first kappa shape index (κ1) is 18.1. The first-order valence-electron chi connectivity index (χ1n) is 7.08. The molecule has 0 aliphatic rings. The second-order valence-corrected chi connectivity index (χ2v) is 5.52. The predicted molar refractivity (Wildman–Crippen MR) is 76.1 cm³/mol. The summed E-state index contributed by atoms with van der Waals surface area (Å²) in [5.74, 6) is -1.04. The maximum atomic E-state index is 12.1. The van der Waals surface area contributed by atoms with Gasteiger partial charge in [0.05, 0.1) is 11.6 Å². The van der Waals surface area contributed by atoms with E-state index >= 15 is 0 Å². The van der Waals surface area contributed by atoms with Crippen LogP contribution in [0.25, 0.3) is 0 Å². The molecular weight excluding hydrogens is 244 g/mol. The van der Waals surface area contributed by atoms with Gasteiger partial charge < -0.3 is 16.2 Å². The molecular formula is C14H28N2O3. The zero-order chi connectivity index (χ0) is 14.9. The Bertz CT molecular complexity index is 290. The van der Waals surface area contributed by atoms with Crippen LogP contribution in [0.1, 0.15) is 59.3 Å².